The minimum Gasteiger partial charge on any atom is -0.487 e. The number of benzene rings is 2. The molecule has 0 fully saturated rings. The van der Waals surface area contributed by atoms with Crippen molar-refractivity contribution < 1.29 is 17.9 Å². The molecule has 7 nitrogen and oxygen atoms in total. The minimum absolute atomic E-state index is 0.133. The predicted octanol–water partition coefficient (Wildman–Crippen LogP) is 3.38. The highest BCUT2D eigenvalue weighted by Crippen LogP contribution is 2.14. The summed E-state index contributed by atoms with van der Waals surface area (Å²) in [6, 6.07) is 20.2. The monoisotopic (exact) mass is 485 g/mol. The molecule has 9 heteroatoms. The molecule has 2 aromatic carbocycles. The van der Waals surface area contributed by atoms with Crippen molar-refractivity contribution in [2.24, 2.45) is 0 Å². The van der Waals surface area contributed by atoms with E-state index in [2.05, 4.69) is 15.0 Å². The maximum Gasteiger partial charge on any atom is 0.241 e. The summed E-state index contributed by atoms with van der Waals surface area (Å²) in [6.45, 7) is 0.651. The van der Waals surface area contributed by atoms with Crippen molar-refractivity contribution in [1.82, 2.24) is 15.0 Å². The van der Waals surface area contributed by atoms with Gasteiger partial charge in [-0.3, -0.25) is 9.78 Å². The van der Waals surface area contributed by atoms with Crippen molar-refractivity contribution in [1.29, 1.82) is 0 Å². The number of aromatic nitrogens is 1. The van der Waals surface area contributed by atoms with Crippen LogP contribution in [0.4, 0.5) is 0 Å². The van der Waals surface area contributed by atoms with Crippen LogP contribution in [0.15, 0.2) is 83.9 Å². The van der Waals surface area contributed by atoms with Gasteiger partial charge in [0, 0.05) is 12.7 Å². The molecule has 1 atom stereocenters. The zero-order valence-corrected chi connectivity index (χ0v) is 19.9. The predicted molar refractivity (Wildman–Crippen MR) is 130 cm³/mol. The molecule has 0 radical (unpaired) electrons. The minimum atomic E-state index is -3.79. The molecule has 1 aromatic heterocycles. The normalized spacial score (nSPS) is 12.2. The van der Waals surface area contributed by atoms with Gasteiger partial charge < -0.3 is 10.1 Å². The average Bonchev–Trinajstić information content (AvgIpc) is 2.85. The molecule has 0 spiro atoms. The Morgan fingerprint density at radius 1 is 1.03 bits per heavy atom. The van der Waals surface area contributed by atoms with Crippen molar-refractivity contribution in [2.45, 2.75) is 30.5 Å². The van der Waals surface area contributed by atoms with Crippen LogP contribution in [0, 0.1) is 0 Å². The summed E-state index contributed by atoms with van der Waals surface area (Å²) in [7, 11) is -3.79. The first-order chi connectivity index (χ1) is 16.0. The lowest BCUT2D eigenvalue weighted by atomic mass is 10.2. The molecule has 3 aromatic rings. The van der Waals surface area contributed by atoms with E-state index in [9.17, 15) is 13.2 Å². The zero-order valence-electron chi connectivity index (χ0n) is 18.3. The van der Waals surface area contributed by atoms with Crippen LogP contribution in [0.5, 0.6) is 5.75 Å². The van der Waals surface area contributed by atoms with Gasteiger partial charge in [0.25, 0.3) is 0 Å². The molecule has 33 heavy (non-hydrogen) atoms. The molecule has 174 valence electrons. The highest BCUT2D eigenvalue weighted by molar-refractivity contribution is 7.98. The molecule has 1 unspecified atom stereocenters. The van der Waals surface area contributed by atoms with Gasteiger partial charge in [-0.05, 0) is 60.4 Å². The Hall–Kier alpha value is -2.88. The van der Waals surface area contributed by atoms with E-state index in [1.54, 1.807) is 36.2 Å². The molecular formula is C24H27N3O4S2. The number of sulfonamides is 1. The summed E-state index contributed by atoms with van der Waals surface area (Å²) < 4.78 is 33.6. The number of amides is 1. The summed E-state index contributed by atoms with van der Waals surface area (Å²) in [6.07, 6.45) is 4.02. The van der Waals surface area contributed by atoms with Gasteiger partial charge in [0.2, 0.25) is 15.9 Å². The third-order valence-electron chi connectivity index (χ3n) is 4.78. The molecule has 0 aliphatic rings. The highest BCUT2D eigenvalue weighted by Gasteiger charge is 2.25. The second-order valence-corrected chi connectivity index (χ2v) is 9.94. The number of carbonyl (C=O) groups excluding carboxylic acids is 1. The largest absolute Gasteiger partial charge is 0.487 e. The van der Waals surface area contributed by atoms with E-state index in [-0.39, 0.29) is 17.3 Å². The van der Waals surface area contributed by atoms with Gasteiger partial charge in [0.1, 0.15) is 18.4 Å². The lowest BCUT2D eigenvalue weighted by Crippen LogP contribution is -2.46. The van der Waals surface area contributed by atoms with Gasteiger partial charge in [-0.25, -0.2) is 8.42 Å². The number of thioether (sulfide) groups is 1. The molecule has 2 N–H and O–H groups in total. The van der Waals surface area contributed by atoms with E-state index in [0.717, 1.165) is 11.3 Å². The molecule has 0 saturated carbocycles. The third kappa shape index (κ3) is 7.88. The number of ether oxygens (including phenoxy) is 1. The van der Waals surface area contributed by atoms with Crippen LogP contribution in [0.1, 0.15) is 17.7 Å². The Morgan fingerprint density at radius 2 is 1.76 bits per heavy atom. The summed E-state index contributed by atoms with van der Waals surface area (Å²) in [5.41, 5.74) is 1.71. The van der Waals surface area contributed by atoms with Crippen LogP contribution in [-0.2, 0) is 28.0 Å². The van der Waals surface area contributed by atoms with Gasteiger partial charge in [0.05, 0.1) is 10.6 Å². The number of hydrogen-bond donors (Lipinski definition) is 2. The Kier molecular flexibility index (Phi) is 9.29. The Bertz CT molecular complexity index is 1110. The molecule has 0 saturated heterocycles. The van der Waals surface area contributed by atoms with Gasteiger partial charge in [-0.15, -0.1) is 0 Å². The van der Waals surface area contributed by atoms with E-state index in [4.69, 9.17) is 4.74 Å². The number of nitrogens with zero attached hydrogens (tertiary/aromatic N) is 1. The topological polar surface area (TPSA) is 97.4 Å². The van der Waals surface area contributed by atoms with E-state index in [0.29, 0.717) is 24.5 Å². The van der Waals surface area contributed by atoms with Crippen LogP contribution in [0.3, 0.4) is 0 Å². The number of carbonyl (C=O) groups is 1. The molecule has 0 bridgehead atoms. The second kappa shape index (κ2) is 12.4. The lowest BCUT2D eigenvalue weighted by molar-refractivity contribution is -0.122. The van der Waals surface area contributed by atoms with Gasteiger partial charge in [-0.2, -0.15) is 16.5 Å². The van der Waals surface area contributed by atoms with Crippen LogP contribution in [0.2, 0.25) is 0 Å². The summed E-state index contributed by atoms with van der Waals surface area (Å²) >= 11 is 1.56. The second-order valence-electron chi connectivity index (χ2n) is 7.24. The SMILES string of the molecule is CSCCC(NS(=O)(=O)c1ccccc1)C(=O)NCc1ccc(OCc2ccccn2)cc1. The third-order valence-corrected chi connectivity index (χ3v) is 6.91. The smallest absolute Gasteiger partial charge is 0.241 e. The van der Waals surface area contributed by atoms with Crippen molar-refractivity contribution in [3.05, 3.63) is 90.3 Å². The fourth-order valence-electron chi connectivity index (χ4n) is 2.99. The van der Waals surface area contributed by atoms with Crippen molar-refractivity contribution in [3.8, 4) is 5.75 Å². The average molecular weight is 486 g/mol. The maximum atomic E-state index is 12.8. The first-order valence-corrected chi connectivity index (χ1v) is 13.3. The van der Waals surface area contributed by atoms with Crippen LogP contribution in [-0.4, -0.2) is 37.4 Å². The molecular weight excluding hydrogens is 458 g/mol. The van der Waals surface area contributed by atoms with Crippen molar-refractivity contribution in [2.75, 3.05) is 12.0 Å². The van der Waals surface area contributed by atoms with E-state index >= 15 is 0 Å². The van der Waals surface area contributed by atoms with E-state index in [1.807, 2.05) is 48.7 Å². The summed E-state index contributed by atoms with van der Waals surface area (Å²) in [4.78, 5) is 17.1. The van der Waals surface area contributed by atoms with Gasteiger partial charge in [0.15, 0.2) is 0 Å². The highest BCUT2D eigenvalue weighted by atomic mass is 32.2. The fourth-order valence-corrected chi connectivity index (χ4v) is 4.71. The van der Waals surface area contributed by atoms with E-state index < -0.39 is 16.1 Å². The molecule has 0 aliphatic carbocycles. The van der Waals surface area contributed by atoms with Crippen molar-refractivity contribution >= 4 is 27.7 Å². The Labute approximate surface area is 199 Å². The number of rotatable bonds is 12. The van der Waals surface area contributed by atoms with Crippen LogP contribution >= 0.6 is 11.8 Å². The number of nitrogens with one attached hydrogen (secondary N) is 2. The molecule has 1 heterocycles. The number of hydrogen-bond acceptors (Lipinski definition) is 6. The Balaban J connectivity index is 1.56. The number of pyridine rings is 1. The zero-order chi connectivity index (χ0) is 23.5. The quantitative estimate of drug-likeness (QED) is 0.408. The van der Waals surface area contributed by atoms with Gasteiger partial charge >= 0.3 is 0 Å². The fraction of sp³-hybridized carbons (Fsp3) is 0.250. The van der Waals surface area contributed by atoms with E-state index in [1.165, 1.54) is 12.1 Å². The first-order valence-electron chi connectivity index (χ1n) is 10.4. The Morgan fingerprint density at radius 3 is 2.42 bits per heavy atom. The van der Waals surface area contributed by atoms with Gasteiger partial charge in [-0.1, -0.05) is 36.4 Å². The summed E-state index contributed by atoms with van der Waals surface area (Å²) in [5, 5.41) is 2.83. The molecule has 3 rings (SSSR count). The molecule has 1 amide bonds. The molecule has 0 aliphatic heterocycles. The van der Waals surface area contributed by atoms with Crippen LogP contribution in [0.25, 0.3) is 0 Å². The van der Waals surface area contributed by atoms with Crippen molar-refractivity contribution in [3.63, 3.8) is 0 Å². The first kappa shape index (κ1) is 24.8. The summed E-state index contributed by atoms with van der Waals surface area (Å²) in [5.74, 6) is 0.987. The lowest BCUT2D eigenvalue weighted by Gasteiger charge is -2.18. The maximum absolute atomic E-state index is 12.8. The van der Waals surface area contributed by atoms with Crippen LogP contribution < -0.4 is 14.8 Å². The standard InChI is InChI=1S/C24H27N3O4S2/c1-32-16-14-23(27-33(29,30)22-8-3-2-4-9-22)24(28)26-17-19-10-12-21(13-11-19)31-18-20-7-5-6-15-25-20/h2-13,15,23,27H,14,16-18H2,1H3,(H,26,28).